The lowest BCUT2D eigenvalue weighted by Gasteiger charge is -2.28. The number of hydrogen-bond donors (Lipinski definition) is 0. The second-order valence-corrected chi connectivity index (χ2v) is 7.48. The summed E-state index contributed by atoms with van der Waals surface area (Å²) in [5, 5.41) is 9.52. The van der Waals surface area contributed by atoms with Crippen molar-refractivity contribution in [1.29, 1.82) is 0 Å². The van der Waals surface area contributed by atoms with E-state index in [1.165, 1.54) is 0 Å². The fourth-order valence-electron chi connectivity index (χ4n) is 3.72. The Morgan fingerprint density at radius 3 is 2.39 bits per heavy atom. The summed E-state index contributed by atoms with van der Waals surface area (Å²) in [6.07, 6.45) is 5.79. The summed E-state index contributed by atoms with van der Waals surface area (Å²) in [6, 6.07) is 11.5. The topological polar surface area (TPSA) is 62.1 Å². The summed E-state index contributed by atoms with van der Waals surface area (Å²) >= 11 is 6.03. The Hall–Kier alpha value is -2.60. The van der Waals surface area contributed by atoms with E-state index in [0.717, 1.165) is 53.8 Å². The molecule has 0 radical (unpaired) electrons. The van der Waals surface area contributed by atoms with Crippen molar-refractivity contribution in [3.05, 3.63) is 59.3 Å². The van der Waals surface area contributed by atoms with Gasteiger partial charge in [0.2, 0.25) is 5.88 Å². The summed E-state index contributed by atoms with van der Waals surface area (Å²) in [5.41, 5.74) is 1.04. The first kappa shape index (κ1) is 18.7. The number of rotatable bonds is 5. The van der Waals surface area contributed by atoms with E-state index < -0.39 is 0 Å². The highest BCUT2D eigenvalue weighted by atomic mass is 35.5. The second kappa shape index (κ2) is 8.19. The standard InChI is InChI=1S/C21H23ClN4O2/c1-14-24-25-21(26(14)17-7-5-16(22)6-8-17)15-3-9-18(10-4-15)28-20-12-11-19(27-2)13-23-20/h5-8,11-13,15,18H,3-4,9-10H2,1-2H3/t15-,18-. The van der Waals surface area contributed by atoms with Gasteiger partial charge in [-0.15, -0.1) is 10.2 Å². The molecule has 1 aliphatic carbocycles. The Balaban J connectivity index is 1.43. The van der Waals surface area contributed by atoms with Gasteiger partial charge in [-0.2, -0.15) is 0 Å². The quantitative estimate of drug-likeness (QED) is 0.621. The molecule has 2 heterocycles. The molecule has 7 heteroatoms. The second-order valence-electron chi connectivity index (χ2n) is 7.04. The van der Waals surface area contributed by atoms with Crippen molar-refractivity contribution < 1.29 is 9.47 Å². The zero-order chi connectivity index (χ0) is 19.5. The average Bonchev–Trinajstić information content (AvgIpc) is 3.11. The van der Waals surface area contributed by atoms with Gasteiger partial charge in [-0.3, -0.25) is 4.57 Å². The van der Waals surface area contributed by atoms with Crippen LogP contribution in [-0.2, 0) is 0 Å². The summed E-state index contributed by atoms with van der Waals surface area (Å²) in [6.45, 7) is 1.98. The van der Waals surface area contributed by atoms with Crippen molar-refractivity contribution in [2.75, 3.05) is 7.11 Å². The molecule has 1 aromatic carbocycles. The van der Waals surface area contributed by atoms with E-state index in [9.17, 15) is 0 Å². The van der Waals surface area contributed by atoms with Crippen LogP contribution in [0, 0.1) is 6.92 Å². The molecular formula is C21H23ClN4O2. The van der Waals surface area contributed by atoms with Gasteiger partial charge in [0.05, 0.1) is 13.3 Å². The molecule has 4 rings (SSSR count). The third kappa shape index (κ3) is 3.97. The predicted octanol–water partition coefficient (Wildman–Crippen LogP) is 4.74. The normalized spacial score (nSPS) is 19.4. The van der Waals surface area contributed by atoms with Crippen LogP contribution in [0.15, 0.2) is 42.6 Å². The lowest BCUT2D eigenvalue weighted by molar-refractivity contribution is 0.138. The van der Waals surface area contributed by atoms with Crippen LogP contribution in [0.1, 0.15) is 43.3 Å². The van der Waals surface area contributed by atoms with E-state index >= 15 is 0 Å². The van der Waals surface area contributed by atoms with E-state index in [1.807, 2.05) is 43.3 Å². The minimum atomic E-state index is 0.171. The molecule has 1 aliphatic rings. The maximum absolute atomic E-state index is 6.05. The molecule has 3 aromatic rings. The van der Waals surface area contributed by atoms with Gasteiger partial charge in [-0.25, -0.2) is 4.98 Å². The zero-order valence-corrected chi connectivity index (χ0v) is 16.8. The number of nitrogens with zero attached hydrogens (tertiary/aromatic N) is 4. The van der Waals surface area contributed by atoms with Crippen LogP contribution in [0.4, 0.5) is 0 Å². The minimum absolute atomic E-state index is 0.171. The summed E-state index contributed by atoms with van der Waals surface area (Å²) in [4.78, 5) is 4.30. The Morgan fingerprint density at radius 1 is 1.00 bits per heavy atom. The molecule has 0 unspecified atom stereocenters. The highest BCUT2D eigenvalue weighted by Crippen LogP contribution is 2.35. The van der Waals surface area contributed by atoms with Crippen LogP contribution in [0.25, 0.3) is 5.69 Å². The molecule has 0 aliphatic heterocycles. The molecule has 1 fully saturated rings. The average molecular weight is 399 g/mol. The van der Waals surface area contributed by atoms with Crippen molar-refractivity contribution >= 4 is 11.6 Å². The maximum Gasteiger partial charge on any atom is 0.213 e. The van der Waals surface area contributed by atoms with Crippen molar-refractivity contribution in [3.8, 4) is 17.3 Å². The summed E-state index contributed by atoms with van der Waals surface area (Å²) in [7, 11) is 1.63. The minimum Gasteiger partial charge on any atom is -0.495 e. The molecule has 1 saturated carbocycles. The summed E-state index contributed by atoms with van der Waals surface area (Å²) in [5.74, 6) is 3.64. The number of halogens is 1. The maximum atomic E-state index is 6.05. The van der Waals surface area contributed by atoms with Crippen molar-refractivity contribution in [3.63, 3.8) is 0 Å². The number of pyridine rings is 1. The van der Waals surface area contributed by atoms with Gasteiger partial charge in [0.25, 0.3) is 0 Å². The van der Waals surface area contributed by atoms with Gasteiger partial charge >= 0.3 is 0 Å². The van der Waals surface area contributed by atoms with Gasteiger partial charge in [0.15, 0.2) is 0 Å². The lowest BCUT2D eigenvalue weighted by atomic mass is 9.86. The molecule has 0 atom stereocenters. The van der Waals surface area contributed by atoms with Crippen molar-refractivity contribution in [2.24, 2.45) is 0 Å². The Morgan fingerprint density at radius 2 is 1.75 bits per heavy atom. The van der Waals surface area contributed by atoms with E-state index in [-0.39, 0.29) is 6.10 Å². The first-order valence-corrected chi connectivity index (χ1v) is 9.86. The smallest absolute Gasteiger partial charge is 0.213 e. The Labute approximate surface area is 169 Å². The van der Waals surface area contributed by atoms with Crippen LogP contribution in [0.2, 0.25) is 5.02 Å². The molecule has 0 bridgehead atoms. The highest BCUT2D eigenvalue weighted by molar-refractivity contribution is 6.30. The molecule has 0 saturated heterocycles. The van der Waals surface area contributed by atoms with Gasteiger partial charge in [0, 0.05) is 22.7 Å². The lowest BCUT2D eigenvalue weighted by Crippen LogP contribution is -2.25. The molecule has 0 spiro atoms. The van der Waals surface area contributed by atoms with E-state index in [1.54, 1.807) is 13.3 Å². The van der Waals surface area contributed by atoms with Crippen molar-refractivity contribution in [1.82, 2.24) is 19.7 Å². The summed E-state index contributed by atoms with van der Waals surface area (Å²) < 4.78 is 13.3. The van der Waals surface area contributed by atoms with E-state index in [2.05, 4.69) is 19.7 Å². The fourth-order valence-corrected chi connectivity index (χ4v) is 3.85. The number of benzene rings is 1. The Bertz CT molecular complexity index is 917. The molecule has 28 heavy (non-hydrogen) atoms. The molecule has 0 N–H and O–H groups in total. The SMILES string of the molecule is COc1ccc(O[C@H]2CC[C@H](c3nnc(C)n3-c3ccc(Cl)cc3)CC2)nc1. The van der Waals surface area contributed by atoms with Crippen LogP contribution >= 0.6 is 11.6 Å². The fraction of sp³-hybridized carbons (Fsp3) is 0.381. The third-order valence-corrected chi connectivity index (χ3v) is 5.46. The number of methoxy groups -OCH3 is 1. The predicted molar refractivity (Wildman–Crippen MR) is 108 cm³/mol. The van der Waals surface area contributed by atoms with Crippen LogP contribution in [-0.4, -0.2) is 33.0 Å². The van der Waals surface area contributed by atoms with Crippen LogP contribution in [0.3, 0.4) is 0 Å². The van der Waals surface area contributed by atoms with Gasteiger partial charge < -0.3 is 9.47 Å². The number of aryl methyl sites for hydroxylation is 1. The zero-order valence-electron chi connectivity index (χ0n) is 16.0. The van der Waals surface area contributed by atoms with E-state index in [0.29, 0.717) is 11.8 Å². The highest BCUT2D eigenvalue weighted by Gasteiger charge is 2.28. The van der Waals surface area contributed by atoms with E-state index in [4.69, 9.17) is 21.1 Å². The number of ether oxygens (including phenoxy) is 2. The molecule has 6 nitrogen and oxygen atoms in total. The molecule has 2 aromatic heterocycles. The number of aromatic nitrogens is 4. The first-order chi connectivity index (χ1) is 13.6. The van der Waals surface area contributed by atoms with Gasteiger partial charge in [0.1, 0.15) is 23.5 Å². The van der Waals surface area contributed by atoms with Crippen molar-refractivity contribution in [2.45, 2.75) is 44.6 Å². The largest absolute Gasteiger partial charge is 0.495 e. The van der Waals surface area contributed by atoms with Crippen LogP contribution < -0.4 is 9.47 Å². The third-order valence-electron chi connectivity index (χ3n) is 5.21. The molecular weight excluding hydrogens is 376 g/mol. The monoisotopic (exact) mass is 398 g/mol. The van der Waals surface area contributed by atoms with Crippen LogP contribution in [0.5, 0.6) is 11.6 Å². The molecule has 0 amide bonds. The number of hydrogen-bond acceptors (Lipinski definition) is 5. The van der Waals surface area contributed by atoms with Gasteiger partial charge in [-0.05, 0) is 62.9 Å². The van der Waals surface area contributed by atoms with Gasteiger partial charge in [-0.1, -0.05) is 11.6 Å². The Kier molecular flexibility index (Phi) is 5.48. The first-order valence-electron chi connectivity index (χ1n) is 9.48. The molecule has 146 valence electrons.